The third-order valence-electron chi connectivity index (χ3n) is 5.80. The van der Waals surface area contributed by atoms with Gasteiger partial charge in [-0.1, -0.05) is 18.2 Å². The molecule has 158 valence electrons. The van der Waals surface area contributed by atoms with Crippen molar-refractivity contribution >= 4 is 23.5 Å². The van der Waals surface area contributed by atoms with Crippen molar-refractivity contribution in [3.63, 3.8) is 0 Å². The molecule has 1 aromatic rings. The number of para-hydroxylation sites is 1. The fraction of sp³-hybridized carbons (Fsp3) is 0.571. The molecule has 2 aliphatic rings. The van der Waals surface area contributed by atoms with Crippen LogP contribution < -0.4 is 16.0 Å². The summed E-state index contributed by atoms with van der Waals surface area (Å²) in [6, 6.07) is 8.76. The van der Waals surface area contributed by atoms with Crippen LogP contribution in [0, 0.1) is 0 Å². The van der Waals surface area contributed by atoms with E-state index in [1.54, 1.807) is 0 Å². The zero-order valence-electron chi connectivity index (χ0n) is 17.2. The number of nitrogens with one attached hydrogen (secondary N) is 3. The molecule has 3 atom stereocenters. The highest BCUT2D eigenvalue weighted by atomic mass is 16.2. The number of rotatable bonds is 7. The molecule has 0 aliphatic carbocycles. The minimum Gasteiger partial charge on any atom is -0.353 e. The summed E-state index contributed by atoms with van der Waals surface area (Å²) in [7, 11) is 0. The van der Waals surface area contributed by atoms with E-state index in [1.165, 1.54) is 0 Å². The summed E-state index contributed by atoms with van der Waals surface area (Å²) in [4.78, 5) is 41.0. The van der Waals surface area contributed by atoms with Crippen molar-refractivity contribution in [2.24, 2.45) is 0 Å². The number of hydrogen-bond acceptors (Lipinski definition) is 4. The molecule has 3 rings (SSSR count). The van der Waals surface area contributed by atoms with Gasteiger partial charge in [0.1, 0.15) is 0 Å². The third-order valence-corrected chi connectivity index (χ3v) is 5.80. The lowest BCUT2D eigenvalue weighted by Gasteiger charge is -2.37. The van der Waals surface area contributed by atoms with Gasteiger partial charge in [-0.05, 0) is 38.8 Å². The van der Waals surface area contributed by atoms with Crippen LogP contribution in [-0.2, 0) is 9.59 Å². The maximum absolute atomic E-state index is 12.3. The second-order valence-electron chi connectivity index (χ2n) is 7.61. The Hall–Kier alpha value is -2.61. The van der Waals surface area contributed by atoms with Crippen LogP contribution in [-0.4, -0.2) is 71.9 Å². The van der Waals surface area contributed by atoms with Crippen LogP contribution in [0.25, 0.3) is 0 Å². The van der Waals surface area contributed by atoms with Gasteiger partial charge in [0.05, 0.1) is 6.04 Å². The Bertz CT molecular complexity index is 722. The fourth-order valence-corrected chi connectivity index (χ4v) is 4.25. The smallest absolute Gasteiger partial charge is 0.319 e. The molecule has 1 aromatic carbocycles. The topological polar surface area (TPSA) is 93.8 Å². The van der Waals surface area contributed by atoms with E-state index >= 15 is 0 Å². The van der Waals surface area contributed by atoms with Crippen molar-refractivity contribution in [3.05, 3.63) is 30.3 Å². The minimum atomic E-state index is -0.269. The molecule has 2 fully saturated rings. The van der Waals surface area contributed by atoms with Gasteiger partial charge >= 0.3 is 6.03 Å². The molecule has 0 aromatic heterocycles. The van der Waals surface area contributed by atoms with Crippen molar-refractivity contribution in [3.8, 4) is 0 Å². The molecule has 2 aliphatic heterocycles. The Kier molecular flexibility index (Phi) is 7.09. The van der Waals surface area contributed by atoms with Gasteiger partial charge in [-0.2, -0.15) is 0 Å². The molecule has 8 nitrogen and oxygen atoms in total. The maximum atomic E-state index is 12.3. The lowest BCUT2D eigenvalue weighted by atomic mass is 10.0. The number of anilines is 1. The standard InChI is InChI=1S/C21H31N5O3/c1-3-25(4-2)19(27)11-10-17-13-22-20(28)18-12-16(14-26(17)18)24-21(29)23-15-8-6-5-7-9-15/h5-9,16-18H,3-4,10-14H2,1-2H3,(H,22,28)(H2,23,24,29). The highest BCUT2D eigenvalue weighted by molar-refractivity contribution is 5.89. The maximum Gasteiger partial charge on any atom is 0.319 e. The minimum absolute atomic E-state index is 0.00378. The normalized spacial score (nSPS) is 23.8. The predicted octanol–water partition coefficient (Wildman–Crippen LogP) is 1.40. The predicted molar refractivity (Wildman–Crippen MR) is 111 cm³/mol. The summed E-state index contributed by atoms with van der Waals surface area (Å²) in [5, 5.41) is 8.76. The van der Waals surface area contributed by atoms with Crippen molar-refractivity contribution < 1.29 is 14.4 Å². The van der Waals surface area contributed by atoms with Crippen LogP contribution in [0.3, 0.4) is 0 Å². The molecule has 2 saturated heterocycles. The van der Waals surface area contributed by atoms with E-state index < -0.39 is 0 Å². The highest BCUT2D eigenvalue weighted by Crippen LogP contribution is 2.26. The first-order chi connectivity index (χ1) is 14.0. The van der Waals surface area contributed by atoms with E-state index in [2.05, 4.69) is 20.9 Å². The van der Waals surface area contributed by atoms with Crippen molar-refractivity contribution in [2.45, 2.75) is 51.2 Å². The van der Waals surface area contributed by atoms with E-state index in [-0.39, 0.29) is 36.0 Å². The molecular weight excluding hydrogens is 370 g/mol. The van der Waals surface area contributed by atoms with Crippen LogP contribution in [0.1, 0.15) is 33.1 Å². The monoisotopic (exact) mass is 401 g/mol. The van der Waals surface area contributed by atoms with Crippen molar-refractivity contribution in [1.29, 1.82) is 0 Å². The Morgan fingerprint density at radius 2 is 1.93 bits per heavy atom. The second kappa shape index (κ2) is 9.73. The van der Waals surface area contributed by atoms with Crippen LogP contribution >= 0.6 is 0 Å². The first kappa shape index (κ1) is 21.1. The molecule has 3 unspecified atom stereocenters. The largest absolute Gasteiger partial charge is 0.353 e. The molecule has 0 radical (unpaired) electrons. The molecule has 0 saturated carbocycles. The number of hydrogen-bond donors (Lipinski definition) is 3. The number of fused-ring (bicyclic) bond motifs is 1. The lowest BCUT2D eigenvalue weighted by Crippen LogP contribution is -2.58. The van der Waals surface area contributed by atoms with Gasteiger partial charge < -0.3 is 20.9 Å². The lowest BCUT2D eigenvalue weighted by molar-refractivity contribution is -0.132. The summed E-state index contributed by atoms with van der Waals surface area (Å²) in [6.07, 6.45) is 1.75. The quantitative estimate of drug-likeness (QED) is 0.644. The van der Waals surface area contributed by atoms with Gasteiger partial charge in [0, 0.05) is 50.4 Å². The van der Waals surface area contributed by atoms with E-state index in [0.29, 0.717) is 45.4 Å². The van der Waals surface area contributed by atoms with Gasteiger partial charge in [-0.15, -0.1) is 0 Å². The van der Waals surface area contributed by atoms with Gasteiger partial charge in [0.2, 0.25) is 11.8 Å². The molecule has 29 heavy (non-hydrogen) atoms. The van der Waals surface area contributed by atoms with E-state index in [1.807, 2.05) is 49.1 Å². The Morgan fingerprint density at radius 3 is 2.62 bits per heavy atom. The van der Waals surface area contributed by atoms with E-state index in [4.69, 9.17) is 0 Å². The number of amides is 4. The van der Waals surface area contributed by atoms with Crippen molar-refractivity contribution in [1.82, 2.24) is 20.4 Å². The summed E-state index contributed by atoms with van der Waals surface area (Å²) < 4.78 is 0. The van der Waals surface area contributed by atoms with Crippen LogP contribution in [0.15, 0.2) is 30.3 Å². The summed E-state index contributed by atoms with van der Waals surface area (Å²) in [6.45, 7) is 6.55. The molecule has 0 spiro atoms. The van der Waals surface area contributed by atoms with E-state index in [0.717, 1.165) is 5.69 Å². The van der Waals surface area contributed by atoms with Gasteiger partial charge in [0.25, 0.3) is 0 Å². The van der Waals surface area contributed by atoms with Crippen LogP contribution in [0.5, 0.6) is 0 Å². The SMILES string of the molecule is CCN(CC)C(=O)CCC1CNC(=O)C2CC(NC(=O)Nc3ccccc3)CN12. The number of nitrogens with zero attached hydrogens (tertiary/aromatic N) is 2. The van der Waals surface area contributed by atoms with Gasteiger partial charge in [-0.25, -0.2) is 4.79 Å². The first-order valence-corrected chi connectivity index (χ1v) is 10.5. The summed E-state index contributed by atoms with van der Waals surface area (Å²) >= 11 is 0. The van der Waals surface area contributed by atoms with Crippen molar-refractivity contribution in [2.75, 3.05) is 31.5 Å². The summed E-state index contributed by atoms with van der Waals surface area (Å²) in [5.41, 5.74) is 0.728. The van der Waals surface area contributed by atoms with Gasteiger partial charge in [0.15, 0.2) is 0 Å². The number of benzene rings is 1. The number of carbonyl (C=O) groups excluding carboxylic acids is 3. The molecular formula is C21H31N5O3. The average molecular weight is 402 g/mol. The molecule has 8 heteroatoms. The number of piperazine rings is 1. The van der Waals surface area contributed by atoms with E-state index in [9.17, 15) is 14.4 Å². The number of urea groups is 1. The fourth-order valence-electron chi connectivity index (χ4n) is 4.25. The molecule has 3 N–H and O–H groups in total. The average Bonchev–Trinajstić information content (AvgIpc) is 3.13. The van der Waals surface area contributed by atoms with Gasteiger partial charge in [-0.3, -0.25) is 14.5 Å². The Morgan fingerprint density at radius 1 is 1.21 bits per heavy atom. The number of carbonyl (C=O) groups is 3. The molecule has 4 amide bonds. The second-order valence-corrected chi connectivity index (χ2v) is 7.61. The zero-order chi connectivity index (χ0) is 20.8. The zero-order valence-corrected chi connectivity index (χ0v) is 17.2. The molecule has 0 bridgehead atoms. The Labute approximate surface area is 172 Å². The summed E-state index contributed by atoms with van der Waals surface area (Å²) in [5.74, 6) is 0.156. The Balaban J connectivity index is 1.54. The van der Waals surface area contributed by atoms with Crippen LogP contribution in [0.4, 0.5) is 10.5 Å². The molecule has 2 heterocycles. The highest BCUT2D eigenvalue weighted by Gasteiger charge is 2.43. The first-order valence-electron chi connectivity index (χ1n) is 10.5. The third kappa shape index (κ3) is 5.26. The van der Waals surface area contributed by atoms with Crippen LogP contribution in [0.2, 0.25) is 0 Å².